The van der Waals surface area contributed by atoms with Crippen molar-refractivity contribution < 1.29 is 17.6 Å². The molecule has 24 heavy (non-hydrogen) atoms. The Kier molecular flexibility index (Phi) is 4.18. The Balaban J connectivity index is 2.02. The Morgan fingerprint density at radius 1 is 1.25 bits per heavy atom. The van der Waals surface area contributed by atoms with Crippen molar-refractivity contribution in [3.8, 4) is 0 Å². The molecular formula is C16H18N2O5S. The standard InChI is InChI=1S/C16H18N2O5S/c1-17(2)16(20)13-4-3-9-18(13)24(21,22)12-6-7-14-11(10-12)5-8-15(19)23-14/h5-8,10,13H,3-4,9H2,1-2H3. The van der Waals surface area contributed by atoms with Gasteiger partial charge in [0.25, 0.3) is 0 Å². The molecule has 1 aliphatic rings. The number of carbonyl (C=O) groups excluding carboxylic acids is 1. The van der Waals surface area contributed by atoms with Crippen LogP contribution < -0.4 is 5.63 Å². The minimum atomic E-state index is -3.80. The van der Waals surface area contributed by atoms with E-state index >= 15 is 0 Å². The lowest BCUT2D eigenvalue weighted by Crippen LogP contribution is -2.45. The van der Waals surface area contributed by atoms with Crippen LogP contribution in [0.1, 0.15) is 12.8 Å². The van der Waals surface area contributed by atoms with Crippen LogP contribution in [0, 0.1) is 0 Å². The van der Waals surface area contributed by atoms with Crippen molar-refractivity contribution in [3.05, 3.63) is 40.8 Å². The third-order valence-electron chi connectivity index (χ3n) is 4.13. The van der Waals surface area contributed by atoms with E-state index in [1.165, 1.54) is 39.5 Å². The lowest BCUT2D eigenvalue weighted by molar-refractivity contribution is -0.132. The number of hydrogen-bond donors (Lipinski definition) is 0. The number of likely N-dealkylation sites (N-methyl/N-ethyl adjacent to an activating group) is 1. The van der Waals surface area contributed by atoms with Crippen molar-refractivity contribution in [2.24, 2.45) is 0 Å². The average Bonchev–Trinajstić information content (AvgIpc) is 3.03. The highest BCUT2D eigenvalue weighted by molar-refractivity contribution is 7.89. The summed E-state index contributed by atoms with van der Waals surface area (Å²) in [5.41, 5.74) is -0.168. The molecule has 2 heterocycles. The molecule has 128 valence electrons. The zero-order valence-corrected chi connectivity index (χ0v) is 14.2. The van der Waals surface area contributed by atoms with Gasteiger partial charge in [-0.25, -0.2) is 13.2 Å². The van der Waals surface area contributed by atoms with Crippen molar-refractivity contribution in [3.63, 3.8) is 0 Å². The number of amides is 1. The maximum Gasteiger partial charge on any atom is 0.336 e. The van der Waals surface area contributed by atoms with Crippen LogP contribution in [-0.4, -0.2) is 50.2 Å². The van der Waals surface area contributed by atoms with Gasteiger partial charge in [-0.2, -0.15) is 4.31 Å². The van der Waals surface area contributed by atoms with Crippen LogP contribution in [0.5, 0.6) is 0 Å². The van der Waals surface area contributed by atoms with Crippen molar-refractivity contribution in [1.29, 1.82) is 0 Å². The SMILES string of the molecule is CN(C)C(=O)C1CCCN1S(=O)(=O)c1ccc2oc(=O)ccc2c1. The summed E-state index contributed by atoms with van der Waals surface area (Å²) < 4.78 is 32.2. The smallest absolute Gasteiger partial charge is 0.336 e. The molecule has 3 rings (SSSR count). The molecule has 1 aliphatic heterocycles. The van der Waals surface area contributed by atoms with E-state index in [9.17, 15) is 18.0 Å². The average molecular weight is 350 g/mol. The molecule has 0 aliphatic carbocycles. The van der Waals surface area contributed by atoms with E-state index in [2.05, 4.69) is 0 Å². The van der Waals surface area contributed by atoms with Crippen molar-refractivity contribution in [2.75, 3.05) is 20.6 Å². The van der Waals surface area contributed by atoms with Gasteiger partial charge in [0.2, 0.25) is 15.9 Å². The van der Waals surface area contributed by atoms with Crippen molar-refractivity contribution >= 4 is 26.9 Å². The molecule has 1 atom stereocenters. The predicted octanol–water partition coefficient (Wildman–Crippen LogP) is 1.03. The van der Waals surface area contributed by atoms with Crippen LogP contribution >= 0.6 is 0 Å². The molecule has 0 N–H and O–H groups in total. The number of sulfonamides is 1. The van der Waals surface area contributed by atoms with Crippen molar-refractivity contribution in [1.82, 2.24) is 9.21 Å². The quantitative estimate of drug-likeness (QED) is 0.772. The number of fused-ring (bicyclic) bond motifs is 1. The first kappa shape index (κ1) is 16.7. The highest BCUT2D eigenvalue weighted by atomic mass is 32.2. The van der Waals surface area contributed by atoms with Crippen LogP contribution in [0.3, 0.4) is 0 Å². The first-order valence-corrected chi connectivity index (χ1v) is 9.01. The molecule has 1 aromatic heterocycles. The van der Waals surface area contributed by atoms with Gasteiger partial charge in [-0.3, -0.25) is 4.79 Å². The molecule has 1 saturated heterocycles. The minimum Gasteiger partial charge on any atom is -0.423 e. The van der Waals surface area contributed by atoms with Crippen LogP contribution in [0.25, 0.3) is 11.0 Å². The Bertz CT molecular complexity index is 948. The summed E-state index contributed by atoms with van der Waals surface area (Å²) in [7, 11) is -0.573. The topological polar surface area (TPSA) is 87.9 Å². The summed E-state index contributed by atoms with van der Waals surface area (Å²) >= 11 is 0. The van der Waals surface area contributed by atoms with Gasteiger partial charge in [0.1, 0.15) is 11.6 Å². The van der Waals surface area contributed by atoms with Gasteiger partial charge in [0, 0.05) is 32.1 Å². The van der Waals surface area contributed by atoms with Gasteiger partial charge >= 0.3 is 5.63 Å². The third-order valence-corrected chi connectivity index (χ3v) is 6.03. The molecule has 2 aromatic rings. The van der Waals surface area contributed by atoms with E-state index in [4.69, 9.17) is 4.42 Å². The molecule has 1 fully saturated rings. The second-order valence-corrected chi connectivity index (χ2v) is 7.85. The zero-order valence-electron chi connectivity index (χ0n) is 13.4. The first-order valence-electron chi connectivity index (χ1n) is 7.57. The molecule has 1 unspecified atom stereocenters. The largest absolute Gasteiger partial charge is 0.423 e. The molecule has 1 amide bonds. The fraction of sp³-hybridized carbons (Fsp3) is 0.375. The van der Waals surface area contributed by atoms with Gasteiger partial charge in [-0.15, -0.1) is 0 Å². The zero-order chi connectivity index (χ0) is 17.5. The van der Waals surface area contributed by atoms with Gasteiger partial charge in [-0.05, 0) is 37.1 Å². The highest BCUT2D eigenvalue weighted by Gasteiger charge is 2.40. The van der Waals surface area contributed by atoms with Gasteiger partial charge in [0.15, 0.2) is 0 Å². The summed E-state index contributed by atoms with van der Waals surface area (Å²) in [6.45, 7) is 0.314. The molecule has 0 bridgehead atoms. The first-order chi connectivity index (χ1) is 11.3. The van der Waals surface area contributed by atoms with Crippen LogP contribution in [0.15, 0.2) is 44.4 Å². The van der Waals surface area contributed by atoms with Gasteiger partial charge in [0.05, 0.1) is 4.90 Å². The number of nitrogens with zero attached hydrogens (tertiary/aromatic N) is 2. The maximum atomic E-state index is 12.9. The Labute approximate surface area is 139 Å². The molecule has 7 nitrogen and oxygen atoms in total. The van der Waals surface area contributed by atoms with Crippen LogP contribution in [-0.2, 0) is 14.8 Å². The second kappa shape index (κ2) is 6.03. The molecular weight excluding hydrogens is 332 g/mol. The van der Waals surface area contributed by atoms with Gasteiger partial charge < -0.3 is 9.32 Å². The molecule has 1 aromatic carbocycles. The summed E-state index contributed by atoms with van der Waals surface area (Å²) in [5.74, 6) is -0.220. The van der Waals surface area contributed by atoms with E-state index in [1.54, 1.807) is 14.1 Å². The number of benzene rings is 1. The second-order valence-electron chi connectivity index (χ2n) is 5.96. The summed E-state index contributed by atoms with van der Waals surface area (Å²) in [6, 6.07) is 6.41. The van der Waals surface area contributed by atoms with Gasteiger partial charge in [-0.1, -0.05) is 0 Å². The maximum absolute atomic E-state index is 12.9. The lowest BCUT2D eigenvalue weighted by Gasteiger charge is -2.25. The van der Waals surface area contributed by atoms with E-state index in [0.29, 0.717) is 30.4 Å². The third kappa shape index (κ3) is 2.83. The van der Waals surface area contributed by atoms with Crippen LogP contribution in [0.2, 0.25) is 0 Å². The normalized spacial score (nSPS) is 18.8. The molecule has 8 heteroatoms. The van der Waals surface area contributed by atoms with E-state index in [-0.39, 0.29) is 10.8 Å². The number of carbonyl (C=O) groups is 1. The van der Waals surface area contributed by atoms with Crippen LogP contribution in [0.4, 0.5) is 0 Å². The fourth-order valence-electron chi connectivity index (χ4n) is 2.92. The lowest BCUT2D eigenvalue weighted by atomic mass is 10.2. The number of hydrogen-bond acceptors (Lipinski definition) is 5. The van der Waals surface area contributed by atoms with E-state index in [0.717, 1.165) is 0 Å². The molecule has 0 saturated carbocycles. The fourth-order valence-corrected chi connectivity index (χ4v) is 4.61. The Hall–Kier alpha value is -2.19. The number of rotatable bonds is 3. The monoisotopic (exact) mass is 350 g/mol. The minimum absolute atomic E-state index is 0.0855. The van der Waals surface area contributed by atoms with Crippen molar-refractivity contribution in [2.45, 2.75) is 23.8 Å². The Morgan fingerprint density at radius 2 is 2.00 bits per heavy atom. The van der Waals surface area contributed by atoms with E-state index < -0.39 is 21.7 Å². The molecule has 0 radical (unpaired) electrons. The summed E-state index contributed by atoms with van der Waals surface area (Å²) in [5, 5.41) is 0.519. The summed E-state index contributed by atoms with van der Waals surface area (Å²) in [6.07, 6.45) is 1.16. The van der Waals surface area contributed by atoms with E-state index in [1.807, 2.05) is 0 Å². The Morgan fingerprint density at radius 3 is 2.71 bits per heavy atom. The highest BCUT2D eigenvalue weighted by Crippen LogP contribution is 2.28. The predicted molar refractivity (Wildman–Crippen MR) is 88.1 cm³/mol. The molecule has 0 spiro atoms. The summed E-state index contributed by atoms with van der Waals surface area (Å²) in [4.78, 5) is 25.0.